The molecule has 8 nitrogen and oxygen atoms in total. The minimum atomic E-state index is -4.02. The van der Waals surface area contributed by atoms with Gasteiger partial charge in [-0.2, -0.15) is 5.10 Å². The van der Waals surface area contributed by atoms with Gasteiger partial charge in [-0.15, -0.1) is 0 Å². The van der Waals surface area contributed by atoms with Gasteiger partial charge in [0.05, 0.1) is 6.54 Å². The molecule has 0 radical (unpaired) electrons. The van der Waals surface area contributed by atoms with E-state index in [0.29, 0.717) is 6.07 Å². The number of hydrogen-bond acceptors (Lipinski definition) is 6. The summed E-state index contributed by atoms with van der Waals surface area (Å²) in [6.07, 6.45) is 2.47. The van der Waals surface area contributed by atoms with Crippen LogP contribution in [-0.2, 0) is 31.7 Å². The third-order valence-corrected chi connectivity index (χ3v) is 6.48. The molecule has 1 aromatic carbocycles. The summed E-state index contributed by atoms with van der Waals surface area (Å²) in [6.45, 7) is 2.02. The molecule has 0 spiro atoms. The standard InChI is InChI=1S/C16H20F2N4O4S/c1-11(27(24,25)21(3)4)16(26-12(2)23,8-22-10-19-9-20-22)14-6-5-13(17)7-15(14)18/h5-7,9-11H,8H2,1-4H3/t11-,16-/m1/s1. The smallest absolute Gasteiger partial charge is 0.303 e. The number of benzene rings is 1. The number of aromatic nitrogens is 3. The van der Waals surface area contributed by atoms with E-state index >= 15 is 0 Å². The lowest BCUT2D eigenvalue weighted by atomic mass is 9.89. The molecular formula is C16H20F2N4O4S. The average molecular weight is 402 g/mol. The van der Waals surface area contributed by atoms with Crippen molar-refractivity contribution in [2.24, 2.45) is 0 Å². The van der Waals surface area contributed by atoms with Crippen LogP contribution in [0.4, 0.5) is 8.78 Å². The Bertz CT molecular complexity index is 919. The largest absolute Gasteiger partial charge is 0.451 e. The van der Waals surface area contributed by atoms with Gasteiger partial charge in [-0.1, -0.05) is 0 Å². The molecule has 0 amide bonds. The monoisotopic (exact) mass is 402 g/mol. The highest BCUT2D eigenvalue weighted by Gasteiger charge is 2.51. The number of nitrogens with zero attached hydrogens (tertiary/aromatic N) is 4. The highest BCUT2D eigenvalue weighted by Crippen LogP contribution is 2.38. The van der Waals surface area contributed by atoms with Crippen molar-refractivity contribution in [2.75, 3.05) is 14.1 Å². The van der Waals surface area contributed by atoms with Crippen molar-refractivity contribution >= 4 is 16.0 Å². The first-order valence-electron chi connectivity index (χ1n) is 7.89. The van der Waals surface area contributed by atoms with E-state index in [0.717, 1.165) is 23.4 Å². The Morgan fingerprint density at radius 2 is 2.04 bits per heavy atom. The van der Waals surface area contributed by atoms with Gasteiger partial charge in [-0.3, -0.25) is 4.79 Å². The van der Waals surface area contributed by atoms with Crippen molar-refractivity contribution in [3.05, 3.63) is 48.1 Å². The molecule has 148 valence electrons. The SMILES string of the molecule is CC(=O)O[C@@](Cn1cncn1)(c1ccc(F)cc1F)[C@@H](C)S(=O)(=O)N(C)C. The summed E-state index contributed by atoms with van der Waals surface area (Å²) in [5, 5.41) is 2.48. The summed E-state index contributed by atoms with van der Waals surface area (Å²) < 4.78 is 61.4. The zero-order valence-corrected chi connectivity index (χ0v) is 16.1. The first kappa shape index (κ1) is 20.9. The molecule has 2 aromatic rings. The molecule has 2 rings (SSSR count). The fourth-order valence-electron chi connectivity index (χ4n) is 2.80. The van der Waals surface area contributed by atoms with Gasteiger partial charge in [0.2, 0.25) is 10.0 Å². The summed E-state index contributed by atoms with van der Waals surface area (Å²) in [5.41, 5.74) is -2.30. The topological polar surface area (TPSA) is 94.4 Å². The predicted molar refractivity (Wildman–Crippen MR) is 91.9 cm³/mol. The number of ether oxygens (including phenoxy) is 1. The zero-order chi connectivity index (χ0) is 20.4. The third-order valence-electron chi connectivity index (χ3n) is 4.19. The van der Waals surface area contributed by atoms with Crippen LogP contribution in [0.25, 0.3) is 0 Å². The van der Waals surface area contributed by atoms with Crippen LogP contribution in [-0.4, -0.2) is 52.8 Å². The highest BCUT2D eigenvalue weighted by atomic mass is 32.2. The van der Waals surface area contributed by atoms with E-state index in [2.05, 4.69) is 10.1 Å². The third kappa shape index (κ3) is 4.14. The molecule has 11 heteroatoms. The Balaban J connectivity index is 2.78. The quantitative estimate of drug-likeness (QED) is 0.648. The summed E-state index contributed by atoms with van der Waals surface area (Å²) in [7, 11) is -1.41. The van der Waals surface area contributed by atoms with Crippen LogP contribution in [0.15, 0.2) is 30.9 Å². The Morgan fingerprint density at radius 3 is 2.52 bits per heavy atom. The van der Waals surface area contributed by atoms with Gasteiger partial charge >= 0.3 is 5.97 Å². The van der Waals surface area contributed by atoms with E-state index in [1.165, 1.54) is 38.4 Å². The van der Waals surface area contributed by atoms with E-state index in [-0.39, 0.29) is 12.1 Å². The van der Waals surface area contributed by atoms with Crippen molar-refractivity contribution in [3.63, 3.8) is 0 Å². The molecule has 0 saturated heterocycles. The van der Waals surface area contributed by atoms with Crippen molar-refractivity contribution in [1.29, 1.82) is 0 Å². The van der Waals surface area contributed by atoms with Gasteiger partial charge in [-0.05, 0) is 19.1 Å². The van der Waals surface area contributed by atoms with Gasteiger partial charge in [0.15, 0.2) is 5.60 Å². The van der Waals surface area contributed by atoms with Crippen molar-refractivity contribution in [1.82, 2.24) is 19.1 Å². The van der Waals surface area contributed by atoms with E-state index in [4.69, 9.17) is 4.74 Å². The summed E-state index contributed by atoms with van der Waals surface area (Å²) in [6, 6.07) is 2.63. The molecule has 2 atom stereocenters. The molecule has 0 aliphatic rings. The minimum absolute atomic E-state index is 0.285. The van der Waals surface area contributed by atoms with Crippen molar-refractivity contribution in [3.8, 4) is 0 Å². The molecule has 0 bridgehead atoms. The van der Waals surface area contributed by atoms with Crippen LogP contribution >= 0.6 is 0 Å². The van der Waals surface area contributed by atoms with Gasteiger partial charge in [0, 0.05) is 32.6 Å². The second kappa shape index (κ2) is 7.69. The van der Waals surface area contributed by atoms with Gasteiger partial charge in [0.25, 0.3) is 0 Å². The summed E-state index contributed by atoms with van der Waals surface area (Å²) in [4.78, 5) is 15.6. The molecule has 0 N–H and O–H groups in total. The lowest BCUT2D eigenvalue weighted by Crippen LogP contribution is -2.52. The maximum Gasteiger partial charge on any atom is 0.303 e. The van der Waals surface area contributed by atoms with Gasteiger partial charge in [0.1, 0.15) is 29.5 Å². The first-order valence-corrected chi connectivity index (χ1v) is 9.40. The number of rotatable bonds is 7. The lowest BCUT2D eigenvalue weighted by Gasteiger charge is -2.39. The van der Waals surface area contributed by atoms with E-state index < -0.39 is 38.5 Å². The second-order valence-electron chi connectivity index (χ2n) is 6.17. The lowest BCUT2D eigenvalue weighted by molar-refractivity contribution is -0.160. The van der Waals surface area contributed by atoms with E-state index in [1.54, 1.807) is 0 Å². The Hall–Kier alpha value is -2.40. The molecule has 27 heavy (non-hydrogen) atoms. The first-order chi connectivity index (χ1) is 12.5. The highest BCUT2D eigenvalue weighted by molar-refractivity contribution is 7.89. The number of carbonyl (C=O) groups excluding carboxylic acids is 1. The van der Waals surface area contributed by atoms with Crippen LogP contribution in [0.5, 0.6) is 0 Å². The number of esters is 1. The summed E-state index contributed by atoms with van der Waals surface area (Å²) >= 11 is 0. The second-order valence-corrected chi connectivity index (χ2v) is 8.64. The molecule has 1 heterocycles. The van der Waals surface area contributed by atoms with E-state index in [9.17, 15) is 22.0 Å². The zero-order valence-electron chi connectivity index (χ0n) is 15.3. The molecule has 1 aromatic heterocycles. The van der Waals surface area contributed by atoms with Crippen molar-refractivity contribution < 1.29 is 26.7 Å². The molecule has 0 saturated carbocycles. The van der Waals surface area contributed by atoms with Crippen LogP contribution < -0.4 is 0 Å². The van der Waals surface area contributed by atoms with Crippen LogP contribution in [0.3, 0.4) is 0 Å². The predicted octanol–water partition coefficient (Wildman–Crippen LogP) is 1.29. The van der Waals surface area contributed by atoms with Crippen LogP contribution in [0, 0.1) is 11.6 Å². The number of halogens is 2. The normalized spacial score (nSPS) is 15.4. The Labute approximate surface area is 155 Å². The fourth-order valence-corrected chi connectivity index (χ4v) is 4.17. The number of sulfonamides is 1. The number of hydrogen-bond donors (Lipinski definition) is 0. The van der Waals surface area contributed by atoms with E-state index in [1.807, 2.05) is 0 Å². The molecule has 0 fully saturated rings. The molecule has 0 unspecified atom stereocenters. The average Bonchev–Trinajstić information content (AvgIpc) is 3.05. The fraction of sp³-hybridized carbons (Fsp3) is 0.438. The van der Waals surface area contributed by atoms with Gasteiger partial charge in [-0.25, -0.2) is 31.2 Å². The molecular weight excluding hydrogens is 382 g/mol. The maximum absolute atomic E-state index is 14.7. The molecule has 0 aliphatic heterocycles. The maximum atomic E-state index is 14.7. The summed E-state index contributed by atoms with van der Waals surface area (Å²) in [5.74, 6) is -2.73. The minimum Gasteiger partial charge on any atom is -0.451 e. The van der Waals surface area contributed by atoms with Crippen LogP contribution in [0.2, 0.25) is 0 Å². The molecule has 0 aliphatic carbocycles. The Kier molecular flexibility index (Phi) is 5.95. The van der Waals surface area contributed by atoms with Gasteiger partial charge < -0.3 is 4.74 Å². The number of carbonyl (C=O) groups is 1. The van der Waals surface area contributed by atoms with Crippen molar-refractivity contribution in [2.45, 2.75) is 31.2 Å². The van der Waals surface area contributed by atoms with Crippen LogP contribution in [0.1, 0.15) is 19.4 Å². The Morgan fingerprint density at radius 1 is 1.37 bits per heavy atom.